The van der Waals surface area contributed by atoms with Crippen LogP contribution in [0.15, 0.2) is 18.3 Å². The number of pyridine rings is 1. The summed E-state index contributed by atoms with van der Waals surface area (Å²) >= 11 is 0. The number of carbonyl (C=O) groups is 1. The lowest BCUT2D eigenvalue weighted by atomic mass is 9.73. The van der Waals surface area contributed by atoms with Gasteiger partial charge in [-0.1, -0.05) is 0 Å². The summed E-state index contributed by atoms with van der Waals surface area (Å²) < 4.78 is 37.3. The van der Waals surface area contributed by atoms with Crippen LogP contribution in [0.25, 0.3) is 0 Å². The highest BCUT2D eigenvalue weighted by Crippen LogP contribution is 2.37. The van der Waals surface area contributed by atoms with Crippen molar-refractivity contribution in [1.29, 1.82) is 0 Å². The molecule has 2 fully saturated rings. The average molecular weight is 285 g/mol. The van der Waals surface area contributed by atoms with Crippen LogP contribution in [0, 0.1) is 5.41 Å². The molecule has 7 heteroatoms. The molecule has 0 atom stereocenters. The number of anilines is 1. The number of hydrogen-bond donors (Lipinski definition) is 1. The van der Waals surface area contributed by atoms with E-state index in [9.17, 15) is 18.0 Å². The molecule has 1 aromatic rings. The number of rotatable bonds is 1. The topological polar surface area (TPSA) is 45.2 Å². The number of piperidine rings is 1. The van der Waals surface area contributed by atoms with E-state index < -0.39 is 11.9 Å². The van der Waals surface area contributed by atoms with E-state index in [0.29, 0.717) is 18.7 Å². The van der Waals surface area contributed by atoms with Crippen molar-refractivity contribution in [3.8, 4) is 0 Å². The average Bonchev–Trinajstić information content (AvgIpc) is 2.36. The largest absolute Gasteiger partial charge is 0.433 e. The molecule has 1 aromatic heterocycles. The van der Waals surface area contributed by atoms with E-state index in [1.807, 2.05) is 0 Å². The van der Waals surface area contributed by atoms with Gasteiger partial charge in [0.2, 0.25) is 5.91 Å². The number of carbonyl (C=O) groups excluding carboxylic acids is 1. The summed E-state index contributed by atoms with van der Waals surface area (Å²) in [5.74, 6) is -0.0423. The van der Waals surface area contributed by atoms with Crippen molar-refractivity contribution in [3.63, 3.8) is 0 Å². The summed E-state index contributed by atoms with van der Waals surface area (Å²) in [7, 11) is 0. The second kappa shape index (κ2) is 4.44. The lowest BCUT2D eigenvalue weighted by Crippen LogP contribution is -2.59. The molecule has 0 aromatic carbocycles. The Balaban J connectivity index is 1.75. The first kappa shape index (κ1) is 13.4. The van der Waals surface area contributed by atoms with Gasteiger partial charge >= 0.3 is 6.18 Å². The Bertz CT molecular complexity index is 523. The van der Waals surface area contributed by atoms with Crippen molar-refractivity contribution in [2.24, 2.45) is 5.41 Å². The fourth-order valence-electron chi connectivity index (χ4n) is 2.75. The molecule has 108 valence electrons. The van der Waals surface area contributed by atoms with Crippen molar-refractivity contribution < 1.29 is 18.0 Å². The van der Waals surface area contributed by atoms with E-state index in [0.717, 1.165) is 31.8 Å². The lowest BCUT2D eigenvalue weighted by molar-refractivity contribution is -0.141. The van der Waals surface area contributed by atoms with Crippen LogP contribution in [0.1, 0.15) is 18.5 Å². The second-order valence-electron chi connectivity index (χ2n) is 5.48. The molecular formula is C13H14F3N3O. The van der Waals surface area contributed by atoms with Crippen molar-refractivity contribution in [1.82, 2.24) is 10.3 Å². The Hall–Kier alpha value is -1.63. The fourth-order valence-corrected chi connectivity index (χ4v) is 2.75. The smallest absolute Gasteiger partial charge is 0.315 e. The summed E-state index contributed by atoms with van der Waals surface area (Å²) in [6.07, 6.45) is -2.02. The number of hydrogen-bond acceptors (Lipinski definition) is 3. The molecule has 1 spiro atoms. The monoisotopic (exact) mass is 285 g/mol. The van der Waals surface area contributed by atoms with Crippen LogP contribution in [-0.4, -0.2) is 30.5 Å². The van der Waals surface area contributed by atoms with Crippen LogP contribution in [0.3, 0.4) is 0 Å². The maximum absolute atomic E-state index is 12.4. The fraction of sp³-hybridized carbons (Fsp3) is 0.538. The third kappa shape index (κ3) is 2.26. The van der Waals surface area contributed by atoms with Gasteiger partial charge in [-0.25, -0.2) is 4.98 Å². The Morgan fingerprint density at radius 3 is 2.50 bits per heavy atom. The molecule has 2 aliphatic rings. The molecule has 20 heavy (non-hydrogen) atoms. The summed E-state index contributed by atoms with van der Waals surface area (Å²) in [5, 5.41) is 3.16. The predicted octanol–water partition coefficient (Wildman–Crippen LogP) is 1.82. The Kier molecular flexibility index (Phi) is 2.97. The Morgan fingerprint density at radius 2 is 2.05 bits per heavy atom. The van der Waals surface area contributed by atoms with Crippen molar-refractivity contribution in [2.75, 3.05) is 24.5 Å². The van der Waals surface area contributed by atoms with Gasteiger partial charge in [0.05, 0.1) is 11.9 Å². The standard InChI is InChI=1S/C13H14F3N3O/c14-13(15,16)10-2-1-9(6-18-10)19-4-3-12(5-11(19)20)7-17-8-12/h1-2,6,17H,3-5,7-8H2. The van der Waals surface area contributed by atoms with Crippen LogP contribution in [-0.2, 0) is 11.0 Å². The molecule has 0 unspecified atom stereocenters. The van der Waals surface area contributed by atoms with Crippen molar-refractivity contribution >= 4 is 11.6 Å². The Labute approximate surface area is 114 Å². The normalized spacial score (nSPS) is 21.9. The van der Waals surface area contributed by atoms with Gasteiger partial charge < -0.3 is 10.2 Å². The second-order valence-corrected chi connectivity index (χ2v) is 5.48. The maximum Gasteiger partial charge on any atom is 0.433 e. The quantitative estimate of drug-likeness (QED) is 0.856. The minimum Gasteiger partial charge on any atom is -0.315 e. The number of halogens is 3. The molecule has 0 saturated carbocycles. The van der Waals surface area contributed by atoms with E-state index >= 15 is 0 Å². The highest BCUT2D eigenvalue weighted by Gasteiger charge is 2.43. The predicted molar refractivity (Wildman–Crippen MR) is 66.1 cm³/mol. The van der Waals surface area contributed by atoms with E-state index in [1.54, 1.807) is 0 Å². The molecule has 0 aliphatic carbocycles. The van der Waals surface area contributed by atoms with Crippen molar-refractivity contribution in [2.45, 2.75) is 19.0 Å². The van der Waals surface area contributed by atoms with E-state index in [-0.39, 0.29) is 11.3 Å². The zero-order valence-electron chi connectivity index (χ0n) is 10.7. The lowest BCUT2D eigenvalue weighted by Gasteiger charge is -2.47. The third-order valence-corrected chi connectivity index (χ3v) is 4.04. The SMILES string of the molecule is O=C1CC2(CCN1c1ccc(C(F)(F)F)nc1)CNC2. The van der Waals surface area contributed by atoms with Gasteiger partial charge in [-0.2, -0.15) is 13.2 Å². The molecule has 0 bridgehead atoms. The zero-order valence-corrected chi connectivity index (χ0v) is 10.7. The molecule has 2 saturated heterocycles. The minimum atomic E-state index is -4.45. The minimum absolute atomic E-state index is 0.0423. The van der Waals surface area contributed by atoms with Crippen LogP contribution in [0.4, 0.5) is 18.9 Å². The van der Waals surface area contributed by atoms with Gasteiger partial charge in [0, 0.05) is 31.5 Å². The highest BCUT2D eigenvalue weighted by molar-refractivity contribution is 5.94. The maximum atomic E-state index is 12.4. The number of amides is 1. The molecular weight excluding hydrogens is 271 g/mol. The number of nitrogens with one attached hydrogen (secondary N) is 1. The molecule has 2 aliphatic heterocycles. The van der Waals surface area contributed by atoms with Gasteiger partial charge in [-0.3, -0.25) is 4.79 Å². The van der Waals surface area contributed by atoms with Crippen molar-refractivity contribution in [3.05, 3.63) is 24.0 Å². The first-order chi connectivity index (χ1) is 9.40. The summed E-state index contributed by atoms with van der Waals surface area (Å²) in [5.41, 5.74) is -0.442. The summed E-state index contributed by atoms with van der Waals surface area (Å²) in [4.78, 5) is 17.1. The van der Waals surface area contributed by atoms with Crippen LogP contribution < -0.4 is 10.2 Å². The molecule has 1 N–H and O–H groups in total. The molecule has 4 nitrogen and oxygen atoms in total. The van der Waals surface area contributed by atoms with Gasteiger partial charge in [0.25, 0.3) is 0 Å². The van der Waals surface area contributed by atoms with E-state index in [1.165, 1.54) is 11.0 Å². The van der Waals surface area contributed by atoms with Gasteiger partial charge in [0.1, 0.15) is 5.69 Å². The van der Waals surface area contributed by atoms with Gasteiger partial charge in [-0.15, -0.1) is 0 Å². The van der Waals surface area contributed by atoms with E-state index in [4.69, 9.17) is 0 Å². The number of nitrogens with zero attached hydrogens (tertiary/aromatic N) is 2. The summed E-state index contributed by atoms with van der Waals surface area (Å²) in [6, 6.07) is 2.22. The first-order valence-electron chi connectivity index (χ1n) is 6.44. The molecule has 3 heterocycles. The van der Waals surface area contributed by atoms with Crippen LogP contribution >= 0.6 is 0 Å². The van der Waals surface area contributed by atoms with Gasteiger partial charge in [-0.05, 0) is 18.6 Å². The summed E-state index contributed by atoms with van der Waals surface area (Å²) in [6.45, 7) is 2.23. The zero-order chi connectivity index (χ0) is 14.4. The molecule has 0 radical (unpaired) electrons. The third-order valence-electron chi connectivity index (χ3n) is 4.04. The number of alkyl halides is 3. The van der Waals surface area contributed by atoms with Crippen LogP contribution in [0.5, 0.6) is 0 Å². The highest BCUT2D eigenvalue weighted by atomic mass is 19.4. The molecule has 1 amide bonds. The van der Waals surface area contributed by atoms with Crippen LogP contribution in [0.2, 0.25) is 0 Å². The molecule has 3 rings (SSSR count). The van der Waals surface area contributed by atoms with Gasteiger partial charge in [0.15, 0.2) is 0 Å². The number of aromatic nitrogens is 1. The van der Waals surface area contributed by atoms with E-state index in [2.05, 4.69) is 10.3 Å². The Morgan fingerprint density at radius 1 is 1.30 bits per heavy atom. The first-order valence-corrected chi connectivity index (χ1v) is 6.44.